The number of carbonyl (C=O) groups excluding carboxylic acids is 1. The number of rotatable bonds is 3. The van der Waals surface area contributed by atoms with Crippen LogP contribution in [-0.2, 0) is 4.74 Å². The minimum atomic E-state index is -0.283. The largest absolute Gasteiger partial charge is 0.465 e. The molecule has 0 saturated carbocycles. The van der Waals surface area contributed by atoms with Gasteiger partial charge in [-0.15, -0.1) is 0 Å². The molecule has 2 atom stereocenters. The lowest BCUT2D eigenvalue weighted by molar-refractivity contribution is 0.0601. The van der Waals surface area contributed by atoms with Gasteiger partial charge in [0.05, 0.1) is 12.7 Å². The lowest BCUT2D eigenvalue weighted by Gasteiger charge is -2.30. The van der Waals surface area contributed by atoms with E-state index >= 15 is 0 Å². The first kappa shape index (κ1) is 14.3. The molecule has 1 aromatic carbocycles. The van der Waals surface area contributed by atoms with Crippen molar-refractivity contribution in [3.63, 3.8) is 0 Å². The number of hydrogen-bond donors (Lipinski definition) is 1. The third kappa shape index (κ3) is 3.44. The molecule has 1 aliphatic heterocycles. The molecule has 0 aromatic heterocycles. The Morgan fingerprint density at radius 1 is 1.47 bits per heavy atom. The molecule has 1 aromatic rings. The van der Waals surface area contributed by atoms with E-state index in [0.717, 1.165) is 11.3 Å². The van der Waals surface area contributed by atoms with Crippen LogP contribution < -0.4 is 5.32 Å². The fraction of sp³-hybridized carbons (Fsp3) is 0.533. The van der Waals surface area contributed by atoms with E-state index < -0.39 is 0 Å². The molecule has 104 valence electrons. The van der Waals surface area contributed by atoms with E-state index in [1.165, 1.54) is 25.7 Å². The summed E-state index contributed by atoms with van der Waals surface area (Å²) in [7, 11) is 1.41. The summed E-state index contributed by atoms with van der Waals surface area (Å²) >= 11 is 2.01. The second-order valence-electron chi connectivity index (χ2n) is 4.99. The van der Waals surface area contributed by atoms with Crippen LogP contribution in [0.5, 0.6) is 0 Å². The van der Waals surface area contributed by atoms with E-state index in [1.807, 2.05) is 30.0 Å². The monoisotopic (exact) mass is 279 g/mol. The van der Waals surface area contributed by atoms with Gasteiger partial charge < -0.3 is 10.1 Å². The molecule has 19 heavy (non-hydrogen) atoms. The summed E-state index contributed by atoms with van der Waals surface area (Å²) in [6.45, 7) is 4.32. The molecule has 3 nitrogen and oxygen atoms in total. The van der Waals surface area contributed by atoms with Gasteiger partial charge in [-0.2, -0.15) is 11.8 Å². The fourth-order valence-electron chi connectivity index (χ4n) is 2.33. The molecule has 1 aliphatic rings. The van der Waals surface area contributed by atoms with Gasteiger partial charge in [-0.1, -0.05) is 13.0 Å². The number of hydrogen-bond acceptors (Lipinski definition) is 4. The Morgan fingerprint density at radius 3 is 2.95 bits per heavy atom. The smallest absolute Gasteiger partial charge is 0.337 e. The van der Waals surface area contributed by atoms with Crippen molar-refractivity contribution in [2.24, 2.45) is 0 Å². The van der Waals surface area contributed by atoms with Crippen LogP contribution in [0.2, 0.25) is 0 Å². The molecule has 1 N–H and O–H groups in total. The van der Waals surface area contributed by atoms with Crippen LogP contribution in [0.4, 0.5) is 5.69 Å². The van der Waals surface area contributed by atoms with E-state index in [1.54, 1.807) is 0 Å². The number of thioether (sulfide) groups is 1. The number of ether oxygens (including phenoxy) is 1. The number of anilines is 1. The summed E-state index contributed by atoms with van der Waals surface area (Å²) in [6, 6.07) is 6.15. The highest BCUT2D eigenvalue weighted by Gasteiger charge is 2.22. The van der Waals surface area contributed by atoms with Crippen LogP contribution in [0.15, 0.2) is 18.2 Å². The zero-order valence-electron chi connectivity index (χ0n) is 11.7. The van der Waals surface area contributed by atoms with E-state index in [4.69, 9.17) is 4.74 Å². The van der Waals surface area contributed by atoms with Crippen LogP contribution in [0.25, 0.3) is 0 Å². The highest BCUT2D eigenvalue weighted by molar-refractivity contribution is 8.00. The topological polar surface area (TPSA) is 38.3 Å². The minimum Gasteiger partial charge on any atom is -0.465 e. The number of aryl methyl sites for hydroxylation is 1. The molecule has 1 heterocycles. The number of esters is 1. The average Bonchev–Trinajstić information content (AvgIpc) is 2.42. The van der Waals surface area contributed by atoms with Crippen molar-refractivity contribution >= 4 is 23.4 Å². The first-order chi connectivity index (χ1) is 9.11. The summed E-state index contributed by atoms with van der Waals surface area (Å²) in [5, 5.41) is 4.20. The molecule has 0 bridgehead atoms. The molecular formula is C15H21NO2S. The molecule has 0 spiro atoms. The first-order valence-corrected chi connectivity index (χ1v) is 7.74. The van der Waals surface area contributed by atoms with Crippen molar-refractivity contribution < 1.29 is 9.53 Å². The van der Waals surface area contributed by atoms with E-state index in [-0.39, 0.29) is 5.97 Å². The minimum absolute atomic E-state index is 0.283. The number of benzene rings is 1. The zero-order valence-corrected chi connectivity index (χ0v) is 12.5. The summed E-state index contributed by atoms with van der Waals surface area (Å²) in [5.74, 6) is 0.967. The van der Waals surface area contributed by atoms with Crippen molar-refractivity contribution in [1.29, 1.82) is 0 Å². The van der Waals surface area contributed by atoms with Gasteiger partial charge in [-0.05, 0) is 43.2 Å². The Bertz CT molecular complexity index is 461. The fourth-order valence-corrected chi connectivity index (χ4v) is 3.48. The maximum absolute atomic E-state index is 11.6. The van der Waals surface area contributed by atoms with E-state index in [0.29, 0.717) is 16.9 Å². The third-order valence-electron chi connectivity index (χ3n) is 3.61. The van der Waals surface area contributed by atoms with E-state index in [9.17, 15) is 4.79 Å². The van der Waals surface area contributed by atoms with Crippen LogP contribution in [0, 0.1) is 6.92 Å². The van der Waals surface area contributed by atoms with Crippen LogP contribution >= 0.6 is 11.8 Å². The molecule has 1 fully saturated rings. The average molecular weight is 279 g/mol. The Morgan fingerprint density at radius 2 is 2.26 bits per heavy atom. The number of carbonyl (C=O) groups is 1. The zero-order chi connectivity index (χ0) is 13.8. The Balaban J connectivity index is 2.16. The molecular weight excluding hydrogens is 258 g/mol. The van der Waals surface area contributed by atoms with Crippen LogP contribution in [0.3, 0.4) is 0 Å². The summed E-state index contributed by atoms with van der Waals surface area (Å²) in [6.07, 6.45) is 2.44. The molecule has 0 amide bonds. The third-order valence-corrected chi connectivity index (χ3v) is 4.99. The van der Waals surface area contributed by atoms with Gasteiger partial charge in [-0.3, -0.25) is 0 Å². The SMILES string of the molecule is COC(=O)c1ccc(C)c(NC2CCCSC2C)c1. The number of nitrogens with one attached hydrogen (secondary N) is 1. The molecule has 0 radical (unpaired) electrons. The lowest BCUT2D eigenvalue weighted by atomic mass is 10.1. The van der Waals surface area contributed by atoms with Crippen molar-refractivity contribution in [2.45, 2.75) is 38.0 Å². The highest BCUT2D eigenvalue weighted by Crippen LogP contribution is 2.29. The van der Waals surface area contributed by atoms with Gasteiger partial charge >= 0.3 is 5.97 Å². The Hall–Kier alpha value is -1.16. The van der Waals surface area contributed by atoms with Gasteiger partial charge in [0.1, 0.15) is 0 Å². The standard InChI is InChI=1S/C15H21NO2S/c1-10-6-7-12(15(17)18-3)9-14(10)16-13-5-4-8-19-11(13)2/h6-7,9,11,13,16H,4-5,8H2,1-3H3. The first-order valence-electron chi connectivity index (χ1n) is 6.69. The molecule has 0 aliphatic carbocycles. The highest BCUT2D eigenvalue weighted by atomic mass is 32.2. The molecule has 2 unspecified atom stereocenters. The van der Waals surface area contributed by atoms with Crippen molar-refractivity contribution in [2.75, 3.05) is 18.2 Å². The van der Waals surface area contributed by atoms with Crippen molar-refractivity contribution in [3.05, 3.63) is 29.3 Å². The summed E-state index contributed by atoms with van der Waals surface area (Å²) < 4.78 is 4.77. The van der Waals surface area contributed by atoms with Crippen LogP contribution in [0.1, 0.15) is 35.7 Å². The maximum Gasteiger partial charge on any atom is 0.337 e. The predicted octanol–water partition coefficient (Wildman–Crippen LogP) is 3.48. The Labute approximate surface area is 119 Å². The summed E-state index contributed by atoms with van der Waals surface area (Å²) in [5.41, 5.74) is 2.81. The second-order valence-corrected chi connectivity index (χ2v) is 6.48. The maximum atomic E-state index is 11.6. The normalized spacial score (nSPS) is 22.9. The lowest BCUT2D eigenvalue weighted by Crippen LogP contribution is -2.33. The summed E-state index contributed by atoms with van der Waals surface area (Å²) in [4.78, 5) is 11.6. The van der Waals surface area contributed by atoms with Gasteiger partial charge in [-0.25, -0.2) is 4.79 Å². The molecule has 4 heteroatoms. The molecule has 1 saturated heterocycles. The second kappa shape index (κ2) is 6.33. The van der Waals surface area contributed by atoms with E-state index in [2.05, 4.69) is 19.2 Å². The van der Waals surface area contributed by atoms with Crippen molar-refractivity contribution in [3.8, 4) is 0 Å². The molecule has 2 rings (SSSR count). The van der Waals surface area contributed by atoms with Crippen molar-refractivity contribution in [1.82, 2.24) is 0 Å². The number of methoxy groups -OCH3 is 1. The van der Waals surface area contributed by atoms with Gasteiger partial charge in [0.2, 0.25) is 0 Å². The van der Waals surface area contributed by atoms with Crippen LogP contribution in [-0.4, -0.2) is 30.1 Å². The van der Waals surface area contributed by atoms with Gasteiger partial charge in [0.25, 0.3) is 0 Å². The Kier molecular flexibility index (Phi) is 4.75. The van der Waals surface area contributed by atoms with Gasteiger partial charge in [0, 0.05) is 17.0 Å². The predicted molar refractivity (Wildman–Crippen MR) is 81.1 cm³/mol. The quantitative estimate of drug-likeness (QED) is 0.860. The van der Waals surface area contributed by atoms with Gasteiger partial charge in [0.15, 0.2) is 0 Å².